The van der Waals surface area contributed by atoms with Crippen molar-refractivity contribution in [3.05, 3.63) is 65.4 Å². The first kappa shape index (κ1) is 17.8. The van der Waals surface area contributed by atoms with Crippen LogP contribution in [-0.2, 0) is 11.3 Å². The van der Waals surface area contributed by atoms with E-state index in [4.69, 9.17) is 9.26 Å². The largest absolute Gasteiger partial charge is 0.452 e. The summed E-state index contributed by atoms with van der Waals surface area (Å²) in [5.74, 6) is 0.591. The number of aromatic nitrogens is 5. The number of hydrogen-bond acceptors (Lipinski definition) is 7. The number of rotatable bonds is 5. The Kier molecular flexibility index (Phi) is 4.60. The van der Waals surface area contributed by atoms with Crippen LogP contribution < -0.4 is 0 Å². The van der Waals surface area contributed by atoms with Gasteiger partial charge in [-0.1, -0.05) is 43.3 Å². The van der Waals surface area contributed by atoms with Gasteiger partial charge in [0, 0.05) is 18.0 Å². The van der Waals surface area contributed by atoms with Gasteiger partial charge in [0.1, 0.15) is 5.56 Å². The number of carbonyl (C=O) groups is 1. The molecule has 0 unspecified atom stereocenters. The molecule has 8 heteroatoms. The quantitative estimate of drug-likeness (QED) is 0.491. The lowest BCUT2D eigenvalue weighted by atomic mass is 10.0. The minimum atomic E-state index is -0.535. The van der Waals surface area contributed by atoms with Crippen molar-refractivity contribution < 1.29 is 14.1 Å². The first-order valence-corrected chi connectivity index (χ1v) is 8.93. The molecule has 4 aromatic rings. The van der Waals surface area contributed by atoms with E-state index in [1.807, 2.05) is 24.3 Å². The molecule has 28 heavy (non-hydrogen) atoms. The summed E-state index contributed by atoms with van der Waals surface area (Å²) in [6.45, 7) is 5.88. The summed E-state index contributed by atoms with van der Waals surface area (Å²) in [4.78, 5) is 21.0. The number of esters is 1. The standard InChI is InChI=1S/C20H19N5O3/c1-12(2)14-5-7-15(8-6-14)18-22-16(28-24-18)11-27-20(26)17-13(3)23-25-10-4-9-21-19(17)25/h4-10,12H,11H2,1-3H3. The van der Waals surface area contributed by atoms with Crippen LogP contribution in [0.15, 0.2) is 47.2 Å². The Hall–Kier alpha value is -3.55. The van der Waals surface area contributed by atoms with Crippen LogP contribution in [0.2, 0.25) is 0 Å². The van der Waals surface area contributed by atoms with E-state index in [1.165, 1.54) is 10.1 Å². The second kappa shape index (κ2) is 7.22. The Morgan fingerprint density at radius 3 is 2.79 bits per heavy atom. The average molecular weight is 377 g/mol. The lowest BCUT2D eigenvalue weighted by molar-refractivity contribution is 0.0431. The highest BCUT2D eigenvalue weighted by Gasteiger charge is 2.20. The molecule has 0 fully saturated rings. The highest BCUT2D eigenvalue weighted by molar-refractivity contribution is 5.97. The van der Waals surface area contributed by atoms with Gasteiger partial charge in [0.15, 0.2) is 12.3 Å². The molecule has 3 heterocycles. The Morgan fingerprint density at radius 2 is 2.04 bits per heavy atom. The molecule has 0 atom stereocenters. The maximum Gasteiger partial charge on any atom is 0.344 e. The molecular formula is C20H19N5O3. The first-order valence-electron chi connectivity index (χ1n) is 8.93. The van der Waals surface area contributed by atoms with Crippen LogP contribution in [0, 0.1) is 6.92 Å². The average Bonchev–Trinajstić information content (AvgIpc) is 3.30. The molecule has 3 aromatic heterocycles. The second-order valence-electron chi connectivity index (χ2n) is 6.71. The predicted molar refractivity (Wildman–Crippen MR) is 101 cm³/mol. The molecule has 0 saturated carbocycles. The van der Waals surface area contributed by atoms with E-state index in [2.05, 4.69) is 34.1 Å². The van der Waals surface area contributed by atoms with Crippen molar-refractivity contribution in [1.29, 1.82) is 0 Å². The summed E-state index contributed by atoms with van der Waals surface area (Å²) in [5, 5.41) is 8.22. The molecule has 0 bridgehead atoms. The molecule has 0 N–H and O–H groups in total. The molecule has 1 aromatic carbocycles. The van der Waals surface area contributed by atoms with Gasteiger partial charge < -0.3 is 9.26 Å². The molecule has 8 nitrogen and oxygen atoms in total. The second-order valence-corrected chi connectivity index (χ2v) is 6.71. The van der Waals surface area contributed by atoms with Crippen LogP contribution in [0.25, 0.3) is 17.0 Å². The first-order chi connectivity index (χ1) is 13.5. The van der Waals surface area contributed by atoms with Gasteiger partial charge in [-0.3, -0.25) is 0 Å². The molecule has 0 spiro atoms. The zero-order valence-electron chi connectivity index (χ0n) is 15.8. The van der Waals surface area contributed by atoms with E-state index in [0.717, 1.165) is 5.56 Å². The predicted octanol–water partition coefficient (Wildman–Crippen LogP) is 3.57. The van der Waals surface area contributed by atoms with Gasteiger partial charge in [0.25, 0.3) is 5.89 Å². The van der Waals surface area contributed by atoms with E-state index in [-0.39, 0.29) is 12.5 Å². The van der Waals surface area contributed by atoms with Crippen LogP contribution in [0.5, 0.6) is 0 Å². The molecule has 4 rings (SSSR count). The highest BCUT2D eigenvalue weighted by atomic mass is 16.6. The van der Waals surface area contributed by atoms with Gasteiger partial charge in [0.05, 0.1) is 5.69 Å². The summed E-state index contributed by atoms with van der Waals surface area (Å²) >= 11 is 0. The third-order valence-corrected chi connectivity index (χ3v) is 4.40. The molecule has 0 aliphatic carbocycles. The van der Waals surface area contributed by atoms with Crippen LogP contribution >= 0.6 is 0 Å². The minimum Gasteiger partial charge on any atom is -0.452 e. The molecular weight excluding hydrogens is 358 g/mol. The van der Waals surface area contributed by atoms with Crippen molar-refractivity contribution in [2.75, 3.05) is 0 Å². The van der Waals surface area contributed by atoms with Crippen LogP contribution in [-0.4, -0.2) is 30.7 Å². The minimum absolute atomic E-state index is 0.125. The lowest BCUT2D eigenvalue weighted by Gasteiger charge is -2.04. The molecule has 0 aliphatic rings. The third-order valence-electron chi connectivity index (χ3n) is 4.40. The number of carbonyl (C=O) groups excluding carboxylic acids is 1. The van der Waals surface area contributed by atoms with Crippen molar-refractivity contribution >= 4 is 11.6 Å². The number of benzene rings is 1. The van der Waals surface area contributed by atoms with Gasteiger partial charge in [-0.2, -0.15) is 10.1 Å². The maximum atomic E-state index is 12.5. The normalized spacial score (nSPS) is 11.3. The van der Waals surface area contributed by atoms with Crippen molar-refractivity contribution in [1.82, 2.24) is 24.7 Å². The van der Waals surface area contributed by atoms with Gasteiger partial charge in [-0.25, -0.2) is 14.3 Å². The fraction of sp³-hybridized carbons (Fsp3) is 0.250. The summed E-state index contributed by atoms with van der Waals surface area (Å²) in [5.41, 5.74) is 3.39. The van der Waals surface area contributed by atoms with Crippen molar-refractivity contribution in [2.45, 2.75) is 33.3 Å². The molecule has 0 radical (unpaired) electrons. The Balaban J connectivity index is 1.47. The highest BCUT2D eigenvalue weighted by Crippen LogP contribution is 2.21. The summed E-state index contributed by atoms with van der Waals surface area (Å²) < 4.78 is 12.1. The Bertz CT molecular complexity index is 1130. The third kappa shape index (κ3) is 3.36. The molecule has 0 aliphatic heterocycles. The van der Waals surface area contributed by atoms with Gasteiger partial charge >= 0.3 is 5.97 Å². The van der Waals surface area contributed by atoms with E-state index < -0.39 is 5.97 Å². The lowest BCUT2D eigenvalue weighted by Crippen LogP contribution is -2.07. The Morgan fingerprint density at radius 1 is 1.25 bits per heavy atom. The van der Waals surface area contributed by atoms with Crippen LogP contribution in [0.3, 0.4) is 0 Å². The zero-order valence-corrected chi connectivity index (χ0v) is 15.8. The Labute approximate surface area is 161 Å². The fourth-order valence-electron chi connectivity index (χ4n) is 2.88. The molecule has 0 saturated heterocycles. The topological polar surface area (TPSA) is 95.4 Å². The molecule has 142 valence electrons. The van der Waals surface area contributed by atoms with Crippen LogP contribution in [0.1, 0.15) is 47.3 Å². The van der Waals surface area contributed by atoms with Crippen molar-refractivity contribution in [2.24, 2.45) is 0 Å². The smallest absolute Gasteiger partial charge is 0.344 e. The monoisotopic (exact) mass is 377 g/mol. The number of nitrogens with zero attached hydrogens (tertiary/aromatic N) is 5. The van der Waals surface area contributed by atoms with Gasteiger partial charge in [0.2, 0.25) is 5.82 Å². The number of ether oxygens (including phenoxy) is 1. The number of fused-ring (bicyclic) bond motifs is 1. The van der Waals surface area contributed by atoms with Crippen LogP contribution in [0.4, 0.5) is 0 Å². The maximum absolute atomic E-state index is 12.5. The van der Waals surface area contributed by atoms with Crippen molar-refractivity contribution in [3.8, 4) is 11.4 Å². The van der Waals surface area contributed by atoms with E-state index in [9.17, 15) is 4.79 Å². The van der Waals surface area contributed by atoms with Crippen molar-refractivity contribution in [3.63, 3.8) is 0 Å². The zero-order chi connectivity index (χ0) is 19.7. The summed E-state index contributed by atoms with van der Waals surface area (Å²) in [6, 6.07) is 9.71. The van der Waals surface area contributed by atoms with E-state index in [0.29, 0.717) is 28.6 Å². The molecule has 0 amide bonds. The van der Waals surface area contributed by atoms with E-state index in [1.54, 1.807) is 25.4 Å². The summed E-state index contributed by atoms with van der Waals surface area (Å²) in [7, 11) is 0. The number of aryl methyl sites for hydroxylation is 1. The summed E-state index contributed by atoms with van der Waals surface area (Å²) in [6.07, 6.45) is 3.32. The fourth-order valence-corrected chi connectivity index (χ4v) is 2.88. The van der Waals surface area contributed by atoms with E-state index >= 15 is 0 Å². The SMILES string of the molecule is Cc1nn2cccnc2c1C(=O)OCc1nc(-c2ccc(C(C)C)cc2)no1. The van der Waals surface area contributed by atoms with Gasteiger partial charge in [-0.05, 0) is 24.5 Å². The number of hydrogen-bond donors (Lipinski definition) is 0. The van der Waals surface area contributed by atoms with Gasteiger partial charge in [-0.15, -0.1) is 0 Å².